The van der Waals surface area contributed by atoms with Crippen molar-refractivity contribution in [1.29, 1.82) is 0 Å². The quantitative estimate of drug-likeness (QED) is 0.476. The largest absolute Gasteiger partial charge is 0.393 e. The summed E-state index contributed by atoms with van der Waals surface area (Å²) in [5.41, 5.74) is 4.33. The second kappa shape index (κ2) is 5.99. The average molecular weight is 264 g/mol. The number of aliphatic hydroxyl groups excluding tert-OH is 1. The maximum absolute atomic E-state index is 12.2. The Labute approximate surface area is 112 Å². The highest BCUT2D eigenvalue weighted by Crippen LogP contribution is 2.20. The minimum Gasteiger partial charge on any atom is -0.393 e. The second-order valence-corrected chi connectivity index (χ2v) is 4.99. The number of nitrogens with two attached hydrogens (primary N) is 1. The number of hydrazine groups is 1. The highest BCUT2D eigenvalue weighted by atomic mass is 16.3. The molecule has 0 atom stereocenters. The van der Waals surface area contributed by atoms with E-state index in [1.54, 1.807) is 6.07 Å². The summed E-state index contributed by atoms with van der Waals surface area (Å²) in [6.07, 6.45) is 4.38. The van der Waals surface area contributed by atoms with E-state index >= 15 is 0 Å². The number of pyridine rings is 1. The van der Waals surface area contributed by atoms with Gasteiger partial charge in [0, 0.05) is 17.9 Å². The van der Waals surface area contributed by atoms with Crippen LogP contribution in [-0.2, 0) is 0 Å². The van der Waals surface area contributed by atoms with E-state index < -0.39 is 0 Å². The second-order valence-electron chi connectivity index (χ2n) is 4.99. The van der Waals surface area contributed by atoms with Crippen LogP contribution in [0.1, 0.15) is 41.7 Å². The Balaban J connectivity index is 2.03. The lowest BCUT2D eigenvalue weighted by molar-refractivity contribution is 0.0868. The molecule has 19 heavy (non-hydrogen) atoms. The first-order valence-electron chi connectivity index (χ1n) is 6.52. The Morgan fingerprint density at radius 3 is 2.74 bits per heavy atom. The van der Waals surface area contributed by atoms with E-state index in [9.17, 15) is 9.90 Å². The van der Waals surface area contributed by atoms with E-state index in [1.807, 2.05) is 6.92 Å². The SMILES string of the molecule is Cc1cc(NN)c(C(=O)NC2CCC(O)CC2)cn1. The van der Waals surface area contributed by atoms with Gasteiger partial charge in [-0.1, -0.05) is 0 Å². The van der Waals surface area contributed by atoms with Gasteiger partial charge in [0.05, 0.1) is 17.4 Å². The average Bonchev–Trinajstić information content (AvgIpc) is 2.41. The van der Waals surface area contributed by atoms with Crippen LogP contribution >= 0.6 is 0 Å². The van der Waals surface area contributed by atoms with Gasteiger partial charge in [0.15, 0.2) is 0 Å². The number of nitrogens with zero attached hydrogens (tertiary/aromatic N) is 1. The molecular weight excluding hydrogens is 244 g/mol. The Hall–Kier alpha value is -1.66. The van der Waals surface area contributed by atoms with Crippen LogP contribution in [0.25, 0.3) is 0 Å². The summed E-state index contributed by atoms with van der Waals surface area (Å²) in [6, 6.07) is 1.85. The zero-order chi connectivity index (χ0) is 13.8. The summed E-state index contributed by atoms with van der Waals surface area (Å²) in [4.78, 5) is 16.3. The van der Waals surface area contributed by atoms with Crippen molar-refractivity contribution in [1.82, 2.24) is 10.3 Å². The van der Waals surface area contributed by atoms with Crippen LogP contribution in [0.2, 0.25) is 0 Å². The molecule has 1 aliphatic rings. The molecule has 0 bridgehead atoms. The zero-order valence-corrected chi connectivity index (χ0v) is 11.0. The number of hydrogen-bond acceptors (Lipinski definition) is 5. The van der Waals surface area contributed by atoms with Gasteiger partial charge in [-0.05, 0) is 38.7 Å². The molecule has 1 fully saturated rings. The van der Waals surface area contributed by atoms with Crippen LogP contribution in [0.15, 0.2) is 12.3 Å². The molecule has 1 heterocycles. The van der Waals surface area contributed by atoms with Gasteiger partial charge in [0.25, 0.3) is 5.91 Å². The van der Waals surface area contributed by atoms with Crippen molar-refractivity contribution in [2.24, 2.45) is 5.84 Å². The van der Waals surface area contributed by atoms with Gasteiger partial charge in [-0.3, -0.25) is 15.6 Å². The van der Waals surface area contributed by atoms with Gasteiger partial charge < -0.3 is 15.8 Å². The lowest BCUT2D eigenvalue weighted by atomic mass is 9.93. The standard InChI is InChI=1S/C13H20N4O2/c1-8-6-12(17-14)11(7-15-8)13(19)16-9-2-4-10(18)5-3-9/h6-7,9-10,18H,2-5,14H2,1H3,(H,15,17)(H,16,19). The summed E-state index contributed by atoms with van der Waals surface area (Å²) in [5.74, 6) is 5.24. The summed E-state index contributed by atoms with van der Waals surface area (Å²) in [6.45, 7) is 1.84. The number of anilines is 1. The highest BCUT2D eigenvalue weighted by Gasteiger charge is 2.22. The van der Waals surface area contributed by atoms with Gasteiger partial charge in [-0.15, -0.1) is 0 Å². The van der Waals surface area contributed by atoms with E-state index in [0.29, 0.717) is 11.3 Å². The number of nitrogens with one attached hydrogen (secondary N) is 2. The summed E-state index contributed by atoms with van der Waals surface area (Å²) < 4.78 is 0. The fraction of sp³-hybridized carbons (Fsp3) is 0.538. The van der Waals surface area contributed by atoms with Crippen LogP contribution in [0.3, 0.4) is 0 Å². The molecule has 0 aromatic carbocycles. The number of rotatable bonds is 3. The third-order valence-electron chi connectivity index (χ3n) is 3.47. The van der Waals surface area contributed by atoms with Crippen molar-refractivity contribution in [3.05, 3.63) is 23.5 Å². The number of hydrogen-bond donors (Lipinski definition) is 4. The Morgan fingerprint density at radius 1 is 1.42 bits per heavy atom. The molecule has 6 nitrogen and oxygen atoms in total. The molecule has 0 spiro atoms. The van der Waals surface area contributed by atoms with E-state index in [4.69, 9.17) is 5.84 Å². The molecule has 5 N–H and O–H groups in total. The Bertz CT molecular complexity index is 456. The van der Waals surface area contributed by atoms with Crippen molar-refractivity contribution in [3.8, 4) is 0 Å². The summed E-state index contributed by atoms with van der Waals surface area (Å²) in [7, 11) is 0. The van der Waals surface area contributed by atoms with Gasteiger partial charge in [-0.25, -0.2) is 0 Å². The predicted molar refractivity (Wildman–Crippen MR) is 72.5 cm³/mol. The highest BCUT2D eigenvalue weighted by molar-refractivity contribution is 5.99. The molecule has 1 aromatic heterocycles. The summed E-state index contributed by atoms with van der Waals surface area (Å²) >= 11 is 0. The van der Waals surface area contributed by atoms with E-state index in [0.717, 1.165) is 31.4 Å². The number of carbonyl (C=O) groups is 1. The first-order valence-corrected chi connectivity index (χ1v) is 6.52. The number of carbonyl (C=O) groups excluding carboxylic acids is 1. The molecule has 6 heteroatoms. The minimum absolute atomic E-state index is 0.114. The maximum atomic E-state index is 12.2. The molecular formula is C13H20N4O2. The van der Waals surface area contributed by atoms with Gasteiger partial charge in [-0.2, -0.15) is 0 Å². The smallest absolute Gasteiger partial charge is 0.255 e. The van der Waals surface area contributed by atoms with E-state index in [1.165, 1.54) is 6.20 Å². The van der Waals surface area contributed by atoms with E-state index in [-0.39, 0.29) is 18.1 Å². The van der Waals surface area contributed by atoms with Crippen LogP contribution < -0.4 is 16.6 Å². The molecule has 0 radical (unpaired) electrons. The molecule has 0 saturated heterocycles. The van der Waals surface area contributed by atoms with Crippen molar-refractivity contribution in [2.75, 3.05) is 5.43 Å². The molecule has 2 rings (SSSR count). The molecule has 1 aliphatic carbocycles. The zero-order valence-electron chi connectivity index (χ0n) is 11.0. The molecule has 0 unspecified atom stereocenters. The van der Waals surface area contributed by atoms with Crippen molar-refractivity contribution >= 4 is 11.6 Å². The molecule has 104 valence electrons. The van der Waals surface area contributed by atoms with Crippen molar-refractivity contribution < 1.29 is 9.90 Å². The number of aromatic nitrogens is 1. The molecule has 0 aliphatic heterocycles. The minimum atomic E-state index is -0.226. The van der Waals surface area contributed by atoms with Crippen LogP contribution in [0, 0.1) is 6.92 Å². The Kier molecular flexibility index (Phi) is 4.34. The lowest BCUT2D eigenvalue weighted by Crippen LogP contribution is -2.39. The first kappa shape index (κ1) is 13.8. The fourth-order valence-corrected chi connectivity index (χ4v) is 2.34. The van der Waals surface area contributed by atoms with Crippen LogP contribution in [0.4, 0.5) is 5.69 Å². The number of nitrogen functional groups attached to an aromatic ring is 1. The number of aliphatic hydroxyl groups is 1. The van der Waals surface area contributed by atoms with Gasteiger partial charge in [0.2, 0.25) is 0 Å². The normalized spacial score (nSPS) is 22.9. The van der Waals surface area contributed by atoms with E-state index in [2.05, 4.69) is 15.7 Å². The number of aryl methyl sites for hydroxylation is 1. The summed E-state index contributed by atoms with van der Waals surface area (Å²) in [5, 5.41) is 12.4. The first-order chi connectivity index (χ1) is 9.10. The fourth-order valence-electron chi connectivity index (χ4n) is 2.34. The van der Waals surface area contributed by atoms with Crippen molar-refractivity contribution in [2.45, 2.75) is 44.8 Å². The predicted octanol–water partition coefficient (Wildman–Crippen LogP) is 0.709. The third kappa shape index (κ3) is 3.42. The third-order valence-corrected chi connectivity index (χ3v) is 3.47. The molecule has 1 amide bonds. The van der Waals surface area contributed by atoms with Crippen LogP contribution in [-0.4, -0.2) is 28.1 Å². The van der Waals surface area contributed by atoms with Crippen LogP contribution in [0.5, 0.6) is 0 Å². The molecule has 1 saturated carbocycles. The monoisotopic (exact) mass is 264 g/mol. The van der Waals surface area contributed by atoms with Crippen molar-refractivity contribution in [3.63, 3.8) is 0 Å². The number of amides is 1. The maximum Gasteiger partial charge on any atom is 0.255 e. The Morgan fingerprint density at radius 2 is 2.11 bits per heavy atom. The topological polar surface area (TPSA) is 100 Å². The molecule has 1 aromatic rings. The van der Waals surface area contributed by atoms with Gasteiger partial charge >= 0.3 is 0 Å². The van der Waals surface area contributed by atoms with Gasteiger partial charge in [0.1, 0.15) is 0 Å². The lowest BCUT2D eigenvalue weighted by Gasteiger charge is -2.26.